The molecule has 1 unspecified atom stereocenters. The third kappa shape index (κ3) is 1.35. The molecule has 1 nitrogen and oxygen atoms in total. The van der Waals surface area contributed by atoms with Gasteiger partial charge in [0, 0.05) is 0 Å². The highest BCUT2D eigenvalue weighted by atomic mass is 32.2. The summed E-state index contributed by atoms with van der Waals surface area (Å²) in [5.74, 6) is 3.48. The predicted octanol–water partition coefficient (Wildman–Crippen LogP) is 0.698. The van der Waals surface area contributed by atoms with Crippen LogP contribution in [0.2, 0.25) is 0 Å². The third-order valence-electron chi connectivity index (χ3n) is 1.36. The molecule has 0 aromatic heterocycles. The van der Waals surface area contributed by atoms with Gasteiger partial charge in [-0.05, 0) is 30.4 Å². The van der Waals surface area contributed by atoms with Crippen molar-refractivity contribution in [1.29, 1.82) is 0 Å². The number of thioether (sulfide) groups is 1. The maximum Gasteiger partial charge on any atom is -0.00268 e. The quantitative estimate of drug-likeness (QED) is 0.547. The lowest BCUT2D eigenvalue weighted by Gasteiger charge is -1.98. The van der Waals surface area contributed by atoms with Crippen molar-refractivity contribution in [2.24, 2.45) is 11.7 Å². The summed E-state index contributed by atoms with van der Waals surface area (Å²) < 4.78 is 0. The van der Waals surface area contributed by atoms with Crippen molar-refractivity contribution in [2.45, 2.75) is 6.42 Å². The van der Waals surface area contributed by atoms with E-state index in [2.05, 4.69) is 0 Å². The summed E-state index contributed by atoms with van der Waals surface area (Å²) in [6.07, 6.45) is 1.35. The summed E-state index contributed by atoms with van der Waals surface area (Å²) >= 11 is 2.03. The van der Waals surface area contributed by atoms with Gasteiger partial charge in [-0.25, -0.2) is 0 Å². The second kappa shape index (κ2) is 2.58. The maximum atomic E-state index is 5.42. The fourth-order valence-corrected chi connectivity index (χ4v) is 2.07. The van der Waals surface area contributed by atoms with Gasteiger partial charge in [-0.15, -0.1) is 0 Å². The van der Waals surface area contributed by atoms with Gasteiger partial charge in [-0.3, -0.25) is 0 Å². The lowest BCUT2D eigenvalue weighted by Crippen LogP contribution is -2.12. The van der Waals surface area contributed by atoms with Crippen molar-refractivity contribution in [2.75, 3.05) is 18.1 Å². The molecule has 0 aromatic carbocycles. The first-order valence-corrected chi connectivity index (χ1v) is 3.87. The molecule has 0 spiro atoms. The van der Waals surface area contributed by atoms with E-state index in [1.165, 1.54) is 17.9 Å². The molecule has 7 heavy (non-hydrogen) atoms. The van der Waals surface area contributed by atoms with E-state index in [0.717, 1.165) is 12.5 Å². The van der Waals surface area contributed by atoms with Crippen molar-refractivity contribution >= 4 is 11.8 Å². The van der Waals surface area contributed by atoms with E-state index < -0.39 is 0 Å². The van der Waals surface area contributed by atoms with E-state index in [9.17, 15) is 0 Å². The third-order valence-corrected chi connectivity index (χ3v) is 2.59. The van der Waals surface area contributed by atoms with Crippen LogP contribution in [0, 0.1) is 5.92 Å². The van der Waals surface area contributed by atoms with E-state index in [1.54, 1.807) is 0 Å². The van der Waals surface area contributed by atoms with E-state index in [4.69, 9.17) is 5.73 Å². The Morgan fingerprint density at radius 3 is 2.86 bits per heavy atom. The van der Waals surface area contributed by atoms with Crippen LogP contribution in [0.3, 0.4) is 0 Å². The molecule has 1 aliphatic rings. The van der Waals surface area contributed by atoms with Gasteiger partial charge in [0.2, 0.25) is 0 Å². The normalized spacial score (nSPS) is 31.3. The minimum absolute atomic E-state index is 0.838. The van der Waals surface area contributed by atoms with Crippen molar-refractivity contribution in [3.05, 3.63) is 0 Å². The summed E-state index contributed by atoms with van der Waals surface area (Å²) in [5.41, 5.74) is 5.42. The van der Waals surface area contributed by atoms with Crippen molar-refractivity contribution < 1.29 is 0 Å². The molecule has 1 fully saturated rings. The molecule has 2 heteroatoms. The van der Waals surface area contributed by atoms with Gasteiger partial charge in [-0.2, -0.15) is 11.8 Å². The Morgan fingerprint density at radius 1 is 1.71 bits per heavy atom. The zero-order valence-corrected chi connectivity index (χ0v) is 5.21. The largest absolute Gasteiger partial charge is 0.330 e. The highest BCUT2D eigenvalue weighted by Gasteiger charge is 2.11. The van der Waals surface area contributed by atoms with E-state index >= 15 is 0 Å². The molecule has 1 saturated heterocycles. The molecule has 0 amide bonds. The SMILES string of the molecule is NCC1CCSC1. The topological polar surface area (TPSA) is 26.0 Å². The highest BCUT2D eigenvalue weighted by Crippen LogP contribution is 2.21. The maximum absolute atomic E-state index is 5.42. The minimum Gasteiger partial charge on any atom is -0.330 e. The van der Waals surface area contributed by atoms with Crippen LogP contribution in [0.1, 0.15) is 6.42 Å². The Hall–Kier alpha value is 0.310. The minimum atomic E-state index is 0.838. The van der Waals surface area contributed by atoms with Crippen LogP contribution in [-0.4, -0.2) is 18.1 Å². The van der Waals surface area contributed by atoms with Crippen molar-refractivity contribution in [1.82, 2.24) is 0 Å². The van der Waals surface area contributed by atoms with Gasteiger partial charge >= 0.3 is 0 Å². The fraction of sp³-hybridized carbons (Fsp3) is 1.00. The molecule has 0 saturated carbocycles. The number of hydrogen-bond donors (Lipinski definition) is 1. The lowest BCUT2D eigenvalue weighted by molar-refractivity contribution is 0.612. The molecule has 1 atom stereocenters. The summed E-state index contributed by atoms with van der Waals surface area (Å²) in [4.78, 5) is 0. The molecule has 42 valence electrons. The first-order chi connectivity index (χ1) is 3.43. The molecule has 2 N–H and O–H groups in total. The standard InChI is InChI=1S/C5H11NS/c6-3-5-1-2-7-4-5/h5H,1-4,6H2. The van der Waals surface area contributed by atoms with Crippen molar-refractivity contribution in [3.8, 4) is 0 Å². The molecular weight excluding hydrogens is 106 g/mol. The Bertz CT molecular complexity index is 50.0. The van der Waals surface area contributed by atoms with E-state index in [-0.39, 0.29) is 0 Å². The Morgan fingerprint density at radius 2 is 2.57 bits per heavy atom. The van der Waals surface area contributed by atoms with Crippen LogP contribution in [0.5, 0.6) is 0 Å². The molecule has 1 aliphatic heterocycles. The van der Waals surface area contributed by atoms with Gasteiger partial charge in [0.15, 0.2) is 0 Å². The van der Waals surface area contributed by atoms with E-state index in [0.29, 0.717) is 0 Å². The second-order valence-electron chi connectivity index (χ2n) is 1.97. The monoisotopic (exact) mass is 117 g/mol. The van der Waals surface area contributed by atoms with Gasteiger partial charge in [0.05, 0.1) is 0 Å². The Kier molecular flexibility index (Phi) is 2.00. The second-order valence-corrected chi connectivity index (χ2v) is 3.12. The van der Waals surface area contributed by atoms with Crippen LogP contribution < -0.4 is 5.73 Å². The fourth-order valence-electron chi connectivity index (χ4n) is 0.769. The van der Waals surface area contributed by atoms with Crippen LogP contribution in [0.4, 0.5) is 0 Å². The van der Waals surface area contributed by atoms with Crippen LogP contribution in [0.15, 0.2) is 0 Å². The average Bonchev–Trinajstić information content (AvgIpc) is 2.14. The van der Waals surface area contributed by atoms with Crippen LogP contribution >= 0.6 is 11.8 Å². The van der Waals surface area contributed by atoms with Crippen molar-refractivity contribution in [3.63, 3.8) is 0 Å². The summed E-state index contributed by atoms with van der Waals surface area (Å²) in [7, 11) is 0. The molecule has 0 bridgehead atoms. The van der Waals surface area contributed by atoms with Crippen LogP contribution in [-0.2, 0) is 0 Å². The number of hydrogen-bond acceptors (Lipinski definition) is 2. The number of rotatable bonds is 1. The number of nitrogens with two attached hydrogens (primary N) is 1. The molecule has 0 aliphatic carbocycles. The van der Waals surface area contributed by atoms with Gasteiger partial charge in [-0.1, -0.05) is 0 Å². The summed E-state index contributed by atoms with van der Waals surface area (Å²) in [5, 5.41) is 0. The Labute approximate surface area is 48.7 Å². The zero-order chi connectivity index (χ0) is 5.11. The predicted molar refractivity (Wildman–Crippen MR) is 34.5 cm³/mol. The smallest absolute Gasteiger partial charge is 0.00268 e. The highest BCUT2D eigenvalue weighted by molar-refractivity contribution is 7.99. The molecule has 0 radical (unpaired) electrons. The molecular formula is C5H11NS. The van der Waals surface area contributed by atoms with Gasteiger partial charge < -0.3 is 5.73 Å². The summed E-state index contributed by atoms with van der Waals surface area (Å²) in [6.45, 7) is 0.896. The lowest BCUT2D eigenvalue weighted by atomic mass is 10.1. The molecule has 1 rings (SSSR count). The molecule has 0 aromatic rings. The zero-order valence-electron chi connectivity index (χ0n) is 4.39. The molecule has 1 heterocycles. The van der Waals surface area contributed by atoms with E-state index in [1.807, 2.05) is 11.8 Å². The van der Waals surface area contributed by atoms with Crippen LogP contribution in [0.25, 0.3) is 0 Å². The summed E-state index contributed by atoms with van der Waals surface area (Å²) in [6, 6.07) is 0. The average molecular weight is 117 g/mol. The van der Waals surface area contributed by atoms with Gasteiger partial charge in [0.1, 0.15) is 0 Å². The Balaban J connectivity index is 2.14. The first-order valence-electron chi connectivity index (χ1n) is 2.71. The van der Waals surface area contributed by atoms with Gasteiger partial charge in [0.25, 0.3) is 0 Å². The first kappa shape index (κ1) is 5.45.